The molecular weight excluding hydrogens is 240 g/mol. The molecule has 1 N–H and O–H groups in total. The van der Waals surface area contributed by atoms with E-state index in [0.717, 1.165) is 13.0 Å². The molecule has 2 aliphatic rings. The van der Waals surface area contributed by atoms with Gasteiger partial charge in [-0.2, -0.15) is 0 Å². The van der Waals surface area contributed by atoms with Gasteiger partial charge in [0.15, 0.2) is 0 Å². The lowest BCUT2D eigenvalue weighted by Gasteiger charge is -2.22. The second-order valence-electron chi connectivity index (χ2n) is 5.27. The number of nitrogens with one attached hydrogen (secondary N) is 1. The van der Waals surface area contributed by atoms with Crippen molar-refractivity contribution in [3.05, 3.63) is 35.4 Å². The Morgan fingerprint density at radius 1 is 1.05 bits per heavy atom. The summed E-state index contributed by atoms with van der Waals surface area (Å²) in [6, 6.07) is 7.31. The van der Waals surface area contributed by atoms with Gasteiger partial charge in [-0.1, -0.05) is 25.0 Å². The smallest absolute Gasteiger partial charge is 0.261 e. The predicted molar refractivity (Wildman–Crippen MR) is 72.1 cm³/mol. The number of nitrogens with zero attached hydrogens (tertiary/aromatic N) is 1. The fourth-order valence-corrected chi connectivity index (χ4v) is 2.88. The molecule has 0 bridgehead atoms. The van der Waals surface area contributed by atoms with E-state index in [1.807, 2.05) is 0 Å². The van der Waals surface area contributed by atoms with Gasteiger partial charge in [-0.05, 0) is 31.5 Å². The van der Waals surface area contributed by atoms with Crippen molar-refractivity contribution < 1.29 is 9.59 Å². The average molecular weight is 258 g/mol. The molecule has 1 fully saturated rings. The Morgan fingerprint density at radius 2 is 1.74 bits per heavy atom. The highest BCUT2D eigenvalue weighted by Crippen LogP contribution is 2.23. The number of carbonyl (C=O) groups is 2. The van der Waals surface area contributed by atoms with Crippen LogP contribution in [0.25, 0.3) is 0 Å². The molecule has 100 valence electrons. The topological polar surface area (TPSA) is 49.4 Å². The summed E-state index contributed by atoms with van der Waals surface area (Å²) in [7, 11) is 0. The minimum absolute atomic E-state index is 0.147. The molecule has 0 saturated carbocycles. The van der Waals surface area contributed by atoms with Crippen LogP contribution in [0.15, 0.2) is 24.3 Å². The van der Waals surface area contributed by atoms with E-state index in [1.165, 1.54) is 24.2 Å². The minimum atomic E-state index is -0.147. The Balaban J connectivity index is 1.76. The molecule has 2 aliphatic heterocycles. The van der Waals surface area contributed by atoms with Crippen molar-refractivity contribution in [1.29, 1.82) is 0 Å². The quantitative estimate of drug-likeness (QED) is 0.823. The first-order valence-electron chi connectivity index (χ1n) is 6.96. The molecular formula is C15H18N2O2. The Bertz CT molecular complexity index is 470. The fourth-order valence-electron chi connectivity index (χ4n) is 2.88. The molecule has 1 saturated heterocycles. The van der Waals surface area contributed by atoms with E-state index >= 15 is 0 Å². The third-order valence-electron chi connectivity index (χ3n) is 3.94. The SMILES string of the molecule is O=C1c2ccccc2C(=O)N1CC1CCCCCN1. The summed E-state index contributed by atoms with van der Waals surface area (Å²) in [6.07, 6.45) is 4.61. The Hall–Kier alpha value is -1.68. The van der Waals surface area contributed by atoms with Crippen LogP contribution in [0.4, 0.5) is 0 Å². The van der Waals surface area contributed by atoms with E-state index in [1.54, 1.807) is 24.3 Å². The summed E-state index contributed by atoms with van der Waals surface area (Å²) in [5, 5.41) is 3.43. The zero-order valence-electron chi connectivity index (χ0n) is 10.9. The Kier molecular flexibility index (Phi) is 3.34. The number of rotatable bonds is 2. The summed E-state index contributed by atoms with van der Waals surface area (Å²) >= 11 is 0. The number of fused-ring (bicyclic) bond motifs is 1. The van der Waals surface area contributed by atoms with Gasteiger partial charge in [-0.15, -0.1) is 0 Å². The van der Waals surface area contributed by atoms with Crippen molar-refractivity contribution in [2.75, 3.05) is 13.1 Å². The number of benzene rings is 1. The molecule has 2 heterocycles. The average Bonchev–Trinajstić information content (AvgIpc) is 2.65. The lowest BCUT2D eigenvalue weighted by molar-refractivity contribution is 0.0637. The first-order valence-corrected chi connectivity index (χ1v) is 6.96. The van der Waals surface area contributed by atoms with E-state index in [0.29, 0.717) is 17.7 Å². The second kappa shape index (κ2) is 5.13. The monoisotopic (exact) mass is 258 g/mol. The molecule has 1 atom stereocenters. The van der Waals surface area contributed by atoms with Crippen LogP contribution in [-0.4, -0.2) is 35.8 Å². The lowest BCUT2D eigenvalue weighted by atomic mass is 10.1. The lowest BCUT2D eigenvalue weighted by Crippen LogP contribution is -2.43. The van der Waals surface area contributed by atoms with Crippen LogP contribution in [0.1, 0.15) is 46.4 Å². The predicted octanol–water partition coefficient (Wildman–Crippen LogP) is 1.81. The molecule has 19 heavy (non-hydrogen) atoms. The van der Waals surface area contributed by atoms with Gasteiger partial charge in [-0.3, -0.25) is 14.5 Å². The summed E-state index contributed by atoms with van der Waals surface area (Å²) in [5.41, 5.74) is 1.09. The highest BCUT2D eigenvalue weighted by Gasteiger charge is 2.36. The highest BCUT2D eigenvalue weighted by molar-refractivity contribution is 6.21. The summed E-state index contributed by atoms with van der Waals surface area (Å²) in [5.74, 6) is -0.293. The molecule has 4 nitrogen and oxygen atoms in total. The molecule has 0 aromatic heterocycles. The number of hydrogen-bond acceptors (Lipinski definition) is 3. The van der Waals surface area contributed by atoms with Crippen LogP contribution >= 0.6 is 0 Å². The van der Waals surface area contributed by atoms with Gasteiger partial charge < -0.3 is 5.32 Å². The molecule has 1 aromatic carbocycles. The molecule has 4 heteroatoms. The molecule has 0 aliphatic carbocycles. The summed E-state index contributed by atoms with van der Waals surface area (Å²) in [4.78, 5) is 25.9. The van der Waals surface area contributed by atoms with Gasteiger partial charge in [0.2, 0.25) is 0 Å². The fraction of sp³-hybridized carbons (Fsp3) is 0.467. The third kappa shape index (κ3) is 2.28. The summed E-state index contributed by atoms with van der Waals surface area (Å²) in [6.45, 7) is 1.47. The zero-order chi connectivity index (χ0) is 13.2. The number of hydrogen-bond donors (Lipinski definition) is 1. The first kappa shape index (κ1) is 12.4. The van der Waals surface area contributed by atoms with Gasteiger partial charge in [0, 0.05) is 12.6 Å². The van der Waals surface area contributed by atoms with Crippen molar-refractivity contribution in [3.63, 3.8) is 0 Å². The summed E-state index contributed by atoms with van der Waals surface area (Å²) < 4.78 is 0. The molecule has 1 aromatic rings. The van der Waals surface area contributed by atoms with Crippen LogP contribution in [0, 0.1) is 0 Å². The Labute approximate surface area is 112 Å². The van der Waals surface area contributed by atoms with Crippen LogP contribution in [0.2, 0.25) is 0 Å². The third-order valence-corrected chi connectivity index (χ3v) is 3.94. The maximum absolute atomic E-state index is 12.2. The van der Waals surface area contributed by atoms with Crippen molar-refractivity contribution in [2.45, 2.75) is 31.7 Å². The number of carbonyl (C=O) groups excluding carboxylic acids is 2. The van der Waals surface area contributed by atoms with E-state index in [-0.39, 0.29) is 17.9 Å². The standard InChI is InChI=1S/C15H18N2O2/c18-14-12-7-3-4-8-13(12)15(19)17(14)10-11-6-2-1-5-9-16-11/h3-4,7-8,11,16H,1-2,5-6,9-10H2. The molecule has 1 unspecified atom stereocenters. The van der Waals surface area contributed by atoms with Gasteiger partial charge >= 0.3 is 0 Å². The van der Waals surface area contributed by atoms with E-state index < -0.39 is 0 Å². The maximum Gasteiger partial charge on any atom is 0.261 e. The normalized spacial score (nSPS) is 23.4. The molecule has 0 radical (unpaired) electrons. The largest absolute Gasteiger partial charge is 0.312 e. The molecule has 0 spiro atoms. The van der Waals surface area contributed by atoms with Crippen LogP contribution in [0.5, 0.6) is 0 Å². The van der Waals surface area contributed by atoms with Crippen LogP contribution in [0.3, 0.4) is 0 Å². The minimum Gasteiger partial charge on any atom is -0.312 e. The van der Waals surface area contributed by atoms with Gasteiger partial charge in [0.1, 0.15) is 0 Å². The second-order valence-corrected chi connectivity index (χ2v) is 5.27. The van der Waals surface area contributed by atoms with Crippen molar-refractivity contribution in [2.24, 2.45) is 0 Å². The number of amides is 2. The maximum atomic E-state index is 12.2. The first-order chi connectivity index (χ1) is 9.27. The van der Waals surface area contributed by atoms with Gasteiger partial charge in [0.25, 0.3) is 11.8 Å². The highest BCUT2D eigenvalue weighted by atomic mass is 16.2. The zero-order valence-corrected chi connectivity index (χ0v) is 10.9. The van der Waals surface area contributed by atoms with Crippen molar-refractivity contribution in [3.8, 4) is 0 Å². The van der Waals surface area contributed by atoms with E-state index in [9.17, 15) is 9.59 Å². The van der Waals surface area contributed by atoms with Crippen molar-refractivity contribution >= 4 is 11.8 Å². The van der Waals surface area contributed by atoms with Gasteiger partial charge in [-0.25, -0.2) is 0 Å². The van der Waals surface area contributed by atoms with Crippen LogP contribution in [-0.2, 0) is 0 Å². The van der Waals surface area contributed by atoms with Crippen molar-refractivity contribution in [1.82, 2.24) is 10.2 Å². The molecule has 3 rings (SSSR count). The Morgan fingerprint density at radius 3 is 2.42 bits per heavy atom. The van der Waals surface area contributed by atoms with Crippen LogP contribution < -0.4 is 5.32 Å². The van der Waals surface area contributed by atoms with Gasteiger partial charge in [0.05, 0.1) is 11.1 Å². The van der Waals surface area contributed by atoms with E-state index in [4.69, 9.17) is 0 Å². The van der Waals surface area contributed by atoms with E-state index in [2.05, 4.69) is 5.32 Å². The number of imide groups is 1. The molecule has 2 amide bonds.